The van der Waals surface area contributed by atoms with Gasteiger partial charge in [-0.2, -0.15) is 4.31 Å². The van der Waals surface area contributed by atoms with Gasteiger partial charge in [-0.05, 0) is 36.1 Å². The lowest BCUT2D eigenvalue weighted by Crippen LogP contribution is -2.47. The molecule has 6 nitrogen and oxygen atoms in total. The quantitative estimate of drug-likeness (QED) is 0.408. The van der Waals surface area contributed by atoms with E-state index in [9.17, 15) is 18.3 Å². The normalized spacial score (nSPS) is 13.2. The first-order valence-electron chi connectivity index (χ1n) is 10.1. The minimum atomic E-state index is -4.06. The summed E-state index contributed by atoms with van der Waals surface area (Å²) in [5, 5.41) is 9.84. The lowest BCUT2D eigenvalue weighted by atomic mass is 10.0. The van der Waals surface area contributed by atoms with E-state index in [1.807, 2.05) is 18.2 Å². The average molecular weight is 479 g/mol. The third-order valence-electron chi connectivity index (χ3n) is 4.75. The van der Waals surface area contributed by atoms with Crippen LogP contribution in [0.5, 0.6) is 0 Å². The number of aromatic nitrogens is 1. The van der Waals surface area contributed by atoms with Crippen LogP contribution in [0, 0.1) is 5.92 Å². The van der Waals surface area contributed by atoms with Gasteiger partial charge in [0.25, 0.3) is 0 Å². The first-order chi connectivity index (χ1) is 14.7. The molecule has 1 aromatic heterocycles. The molecule has 0 bridgehead atoms. The molecular formula is C22H26N2O4S3. The fourth-order valence-corrected chi connectivity index (χ4v) is 7.10. The molecule has 9 heteroatoms. The number of carboxylic acids is 1. The summed E-state index contributed by atoms with van der Waals surface area (Å²) in [4.78, 5) is 16.7. The molecule has 0 amide bonds. The summed E-state index contributed by atoms with van der Waals surface area (Å²) >= 11 is 3.11. The molecule has 0 unspecified atom stereocenters. The van der Waals surface area contributed by atoms with Gasteiger partial charge in [-0.15, -0.1) is 11.3 Å². The van der Waals surface area contributed by atoms with Crippen molar-refractivity contribution in [3.8, 4) is 0 Å². The lowest BCUT2D eigenvalue weighted by Gasteiger charge is -2.30. The van der Waals surface area contributed by atoms with Gasteiger partial charge in [0.15, 0.2) is 4.34 Å². The largest absolute Gasteiger partial charge is 0.480 e. The number of thioether (sulfide) groups is 1. The molecule has 0 aliphatic rings. The second kappa shape index (κ2) is 10.1. The third-order valence-corrected chi connectivity index (χ3v) is 8.94. The number of hydrogen-bond acceptors (Lipinski definition) is 6. The molecule has 0 spiro atoms. The number of fused-ring (bicyclic) bond motifs is 1. The summed E-state index contributed by atoms with van der Waals surface area (Å²) in [6.07, 6.45) is 1.03. The van der Waals surface area contributed by atoms with Gasteiger partial charge >= 0.3 is 5.97 Å². The highest BCUT2D eigenvalue weighted by molar-refractivity contribution is 8.01. The molecule has 0 radical (unpaired) electrons. The predicted octanol–water partition coefficient (Wildman–Crippen LogP) is 5.10. The molecule has 0 saturated heterocycles. The molecule has 166 valence electrons. The van der Waals surface area contributed by atoms with Gasteiger partial charge in [-0.25, -0.2) is 13.4 Å². The Bertz CT molecular complexity index is 1140. The summed E-state index contributed by atoms with van der Waals surface area (Å²) in [5.74, 6) is -0.614. The van der Waals surface area contributed by atoms with E-state index in [-0.39, 0.29) is 11.4 Å². The zero-order valence-electron chi connectivity index (χ0n) is 17.7. The van der Waals surface area contributed by atoms with Gasteiger partial charge in [-0.3, -0.25) is 4.79 Å². The first-order valence-corrected chi connectivity index (χ1v) is 13.3. The summed E-state index contributed by atoms with van der Waals surface area (Å²) in [6.45, 7) is 5.52. The van der Waals surface area contributed by atoms with E-state index < -0.39 is 28.0 Å². The van der Waals surface area contributed by atoms with E-state index in [0.29, 0.717) is 0 Å². The number of thiazole rings is 1. The van der Waals surface area contributed by atoms with Gasteiger partial charge in [0.05, 0.1) is 15.1 Å². The molecule has 31 heavy (non-hydrogen) atoms. The van der Waals surface area contributed by atoms with Crippen molar-refractivity contribution >= 4 is 49.3 Å². The van der Waals surface area contributed by atoms with Crippen molar-refractivity contribution in [1.29, 1.82) is 0 Å². The second-order valence-corrected chi connectivity index (χ2v) is 11.8. The standard InChI is InChI=1S/C22H26N2O4S3/c1-4-12-29-22-23-18-11-10-17(13-19(18)30-22)31(27,28)24(20(15(2)3)21(25)26)14-16-8-6-5-7-9-16/h5-11,13,15,20H,4,12,14H2,1-3H3,(H,25,26)/t20-/m1/s1. The number of carboxylic acid groups (broad SMARTS) is 1. The Balaban J connectivity index is 2.04. The van der Waals surface area contributed by atoms with Crippen molar-refractivity contribution in [2.75, 3.05) is 5.75 Å². The Morgan fingerprint density at radius 2 is 1.90 bits per heavy atom. The van der Waals surface area contributed by atoms with Gasteiger partial charge in [0, 0.05) is 12.3 Å². The van der Waals surface area contributed by atoms with Crippen LogP contribution in [0.1, 0.15) is 32.8 Å². The number of carbonyl (C=O) groups is 1. The Hall–Kier alpha value is -1.94. The minimum absolute atomic E-state index is 0.0172. The van der Waals surface area contributed by atoms with Crippen molar-refractivity contribution < 1.29 is 18.3 Å². The van der Waals surface area contributed by atoms with Crippen LogP contribution in [0.2, 0.25) is 0 Å². The highest BCUT2D eigenvalue weighted by Crippen LogP contribution is 2.33. The van der Waals surface area contributed by atoms with Crippen LogP contribution in [-0.4, -0.2) is 40.6 Å². The molecule has 2 aromatic carbocycles. The van der Waals surface area contributed by atoms with Gasteiger partial charge in [0.2, 0.25) is 10.0 Å². The predicted molar refractivity (Wildman–Crippen MR) is 126 cm³/mol. The highest BCUT2D eigenvalue weighted by atomic mass is 32.2. The van der Waals surface area contributed by atoms with Gasteiger partial charge in [-0.1, -0.05) is 62.9 Å². The van der Waals surface area contributed by atoms with Crippen LogP contribution >= 0.6 is 23.1 Å². The summed E-state index contributed by atoms with van der Waals surface area (Å²) in [6, 6.07) is 12.7. The van der Waals surface area contributed by atoms with Crippen LogP contribution in [0.25, 0.3) is 10.2 Å². The lowest BCUT2D eigenvalue weighted by molar-refractivity contribution is -0.143. The van der Waals surface area contributed by atoms with Crippen LogP contribution in [-0.2, 0) is 21.4 Å². The summed E-state index contributed by atoms with van der Waals surface area (Å²) in [7, 11) is -4.06. The second-order valence-electron chi connectivity index (χ2n) is 7.52. The van der Waals surface area contributed by atoms with E-state index in [1.165, 1.54) is 17.4 Å². The van der Waals surface area contributed by atoms with Crippen molar-refractivity contribution in [3.63, 3.8) is 0 Å². The number of nitrogens with zero attached hydrogens (tertiary/aromatic N) is 2. The van der Waals surface area contributed by atoms with E-state index >= 15 is 0 Å². The van der Waals surface area contributed by atoms with E-state index in [2.05, 4.69) is 11.9 Å². The van der Waals surface area contributed by atoms with Crippen LogP contribution in [0.4, 0.5) is 0 Å². The molecule has 3 rings (SSSR count). The fourth-order valence-electron chi connectivity index (χ4n) is 3.27. The molecule has 3 aromatic rings. The van der Waals surface area contributed by atoms with Crippen molar-refractivity contribution in [1.82, 2.24) is 9.29 Å². The van der Waals surface area contributed by atoms with E-state index in [1.54, 1.807) is 49.9 Å². The monoisotopic (exact) mass is 478 g/mol. The molecule has 1 atom stereocenters. The van der Waals surface area contributed by atoms with Crippen LogP contribution < -0.4 is 0 Å². The topological polar surface area (TPSA) is 87.6 Å². The Labute approximate surface area is 191 Å². The van der Waals surface area contributed by atoms with Crippen LogP contribution in [0.15, 0.2) is 57.8 Å². The van der Waals surface area contributed by atoms with Crippen LogP contribution in [0.3, 0.4) is 0 Å². The van der Waals surface area contributed by atoms with Crippen molar-refractivity contribution in [2.45, 2.75) is 49.0 Å². The number of hydrogen-bond donors (Lipinski definition) is 1. The van der Waals surface area contributed by atoms with Crippen molar-refractivity contribution in [2.24, 2.45) is 5.92 Å². The zero-order chi connectivity index (χ0) is 22.6. The fraction of sp³-hybridized carbons (Fsp3) is 0.364. The SMILES string of the molecule is CCCSc1nc2ccc(S(=O)(=O)N(Cc3ccccc3)[C@@H](C(=O)O)C(C)C)cc2s1. The number of benzene rings is 2. The maximum Gasteiger partial charge on any atom is 0.322 e. The summed E-state index contributed by atoms with van der Waals surface area (Å²) in [5.41, 5.74) is 1.48. The minimum Gasteiger partial charge on any atom is -0.480 e. The highest BCUT2D eigenvalue weighted by Gasteiger charge is 2.38. The van der Waals surface area contributed by atoms with Crippen molar-refractivity contribution in [3.05, 3.63) is 54.1 Å². The van der Waals surface area contributed by atoms with Gasteiger partial charge in [0.1, 0.15) is 6.04 Å². The molecule has 0 aliphatic carbocycles. The number of rotatable bonds is 10. The Morgan fingerprint density at radius 1 is 1.19 bits per heavy atom. The summed E-state index contributed by atoms with van der Waals surface area (Å²) < 4.78 is 30.1. The Kier molecular flexibility index (Phi) is 7.74. The Morgan fingerprint density at radius 3 is 2.52 bits per heavy atom. The molecular weight excluding hydrogens is 452 g/mol. The number of sulfonamides is 1. The molecule has 0 fully saturated rings. The van der Waals surface area contributed by atoms with Gasteiger partial charge < -0.3 is 5.11 Å². The molecule has 1 N–H and O–H groups in total. The zero-order valence-corrected chi connectivity index (χ0v) is 20.1. The van der Waals surface area contributed by atoms with E-state index in [0.717, 1.165) is 36.6 Å². The molecule has 1 heterocycles. The third kappa shape index (κ3) is 5.46. The molecule has 0 aliphatic heterocycles. The van der Waals surface area contributed by atoms with E-state index in [4.69, 9.17) is 0 Å². The average Bonchev–Trinajstić information content (AvgIpc) is 3.14. The smallest absolute Gasteiger partial charge is 0.322 e. The maximum absolute atomic E-state index is 13.7. The number of aliphatic carboxylic acids is 1. The first kappa shape index (κ1) is 23.7. The molecule has 0 saturated carbocycles. The maximum atomic E-state index is 13.7.